The Bertz CT molecular complexity index is 1030. The predicted molar refractivity (Wildman–Crippen MR) is 114 cm³/mol. The number of aryl methyl sites for hydroxylation is 1. The van der Waals surface area contributed by atoms with Crippen molar-refractivity contribution in [3.05, 3.63) is 16.6 Å². The second-order valence-corrected chi connectivity index (χ2v) is 10.0. The van der Waals surface area contributed by atoms with E-state index in [1.54, 1.807) is 7.05 Å². The van der Waals surface area contributed by atoms with Gasteiger partial charge in [-0.1, -0.05) is 19.3 Å². The number of fused-ring (bicyclic) bond motifs is 1. The van der Waals surface area contributed by atoms with E-state index in [0.717, 1.165) is 41.6 Å². The summed E-state index contributed by atoms with van der Waals surface area (Å²) in [5.74, 6) is -0.330. The van der Waals surface area contributed by atoms with E-state index in [4.69, 9.17) is 5.10 Å². The van der Waals surface area contributed by atoms with Crippen molar-refractivity contribution in [2.75, 3.05) is 20.1 Å². The predicted octanol–water partition coefficient (Wildman–Crippen LogP) is 3.07. The number of nitrogens with zero attached hydrogens (tertiary/aromatic N) is 4. The van der Waals surface area contributed by atoms with Crippen molar-refractivity contribution < 1.29 is 14.4 Å². The highest BCUT2D eigenvalue weighted by molar-refractivity contribution is 7.20. The molecule has 2 aromatic rings. The van der Waals surface area contributed by atoms with Gasteiger partial charge in [0.1, 0.15) is 11.4 Å². The first-order valence-electron chi connectivity index (χ1n) is 10.7. The molecule has 2 aromatic heterocycles. The van der Waals surface area contributed by atoms with Crippen LogP contribution in [0.2, 0.25) is 0 Å². The van der Waals surface area contributed by atoms with Crippen LogP contribution in [0, 0.1) is 6.92 Å². The minimum atomic E-state index is -0.492. The SMILES string of the molecule is Cc1nn(C2CCCCC2)c2sc(C(=O)NC3(CN4C(=O)CN(C)C4=O)CC3)cc12. The summed E-state index contributed by atoms with van der Waals surface area (Å²) in [6.45, 7) is 2.36. The molecule has 1 N–H and O–H groups in total. The highest BCUT2D eigenvalue weighted by Gasteiger charge is 2.49. The second-order valence-electron chi connectivity index (χ2n) is 9.00. The first kappa shape index (κ1) is 19.5. The minimum absolute atomic E-state index is 0.107. The molecule has 0 spiro atoms. The summed E-state index contributed by atoms with van der Waals surface area (Å²) in [5, 5.41) is 8.92. The number of hydrogen-bond donors (Lipinski definition) is 1. The van der Waals surface area contributed by atoms with E-state index in [9.17, 15) is 14.4 Å². The van der Waals surface area contributed by atoms with Crippen LogP contribution in [0.25, 0.3) is 10.2 Å². The Morgan fingerprint density at radius 2 is 2.00 bits per heavy atom. The minimum Gasteiger partial charge on any atom is -0.344 e. The van der Waals surface area contributed by atoms with Crippen LogP contribution in [-0.4, -0.2) is 63.1 Å². The molecule has 3 fully saturated rings. The molecule has 3 aliphatic rings. The van der Waals surface area contributed by atoms with Crippen LogP contribution in [0.15, 0.2) is 6.07 Å². The summed E-state index contributed by atoms with van der Waals surface area (Å²) in [7, 11) is 1.62. The lowest BCUT2D eigenvalue weighted by Crippen LogP contribution is -2.47. The molecule has 0 bridgehead atoms. The number of urea groups is 1. The standard InChI is InChI=1S/C21H27N5O3S/c1-13-15-10-16(30-19(15)26(23-13)14-6-4-3-5-7-14)18(28)22-21(8-9-21)12-25-17(27)11-24(2)20(25)29/h10,14H,3-9,11-12H2,1-2H3,(H,22,28). The molecule has 0 radical (unpaired) electrons. The van der Waals surface area contributed by atoms with E-state index >= 15 is 0 Å². The van der Waals surface area contributed by atoms with E-state index in [2.05, 4.69) is 10.00 Å². The maximum absolute atomic E-state index is 13.0. The van der Waals surface area contributed by atoms with Crippen molar-refractivity contribution in [1.82, 2.24) is 24.9 Å². The molecule has 5 rings (SSSR count). The number of nitrogens with one attached hydrogen (secondary N) is 1. The fourth-order valence-corrected chi connectivity index (χ4v) is 5.79. The van der Waals surface area contributed by atoms with Gasteiger partial charge in [0.05, 0.1) is 28.7 Å². The van der Waals surface area contributed by atoms with Crippen LogP contribution >= 0.6 is 11.3 Å². The molecule has 160 valence electrons. The Morgan fingerprint density at radius 1 is 1.27 bits per heavy atom. The highest BCUT2D eigenvalue weighted by Crippen LogP contribution is 2.39. The number of thiophene rings is 1. The average Bonchev–Trinajstić information content (AvgIpc) is 3.11. The monoisotopic (exact) mass is 429 g/mol. The molecule has 1 aliphatic heterocycles. The summed E-state index contributed by atoms with van der Waals surface area (Å²) < 4.78 is 2.13. The Balaban J connectivity index is 1.34. The Morgan fingerprint density at radius 3 is 2.63 bits per heavy atom. The van der Waals surface area contributed by atoms with Crippen molar-refractivity contribution in [2.45, 2.75) is 63.5 Å². The molecule has 2 aliphatic carbocycles. The summed E-state index contributed by atoms with van der Waals surface area (Å²) in [5.41, 5.74) is 0.470. The van der Waals surface area contributed by atoms with Gasteiger partial charge in [0.25, 0.3) is 5.91 Å². The number of likely N-dealkylation sites (N-methyl/N-ethyl adjacent to an activating group) is 1. The van der Waals surface area contributed by atoms with Crippen LogP contribution in [0.1, 0.15) is 66.4 Å². The van der Waals surface area contributed by atoms with Crippen molar-refractivity contribution in [3.63, 3.8) is 0 Å². The van der Waals surface area contributed by atoms with E-state index in [-0.39, 0.29) is 30.9 Å². The van der Waals surface area contributed by atoms with E-state index < -0.39 is 5.54 Å². The fraction of sp³-hybridized carbons (Fsp3) is 0.619. The maximum atomic E-state index is 13.0. The number of rotatable bonds is 5. The summed E-state index contributed by atoms with van der Waals surface area (Å²) in [6, 6.07) is 2.07. The quantitative estimate of drug-likeness (QED) is 0.740. The Labute approximate surface area is 179 Å². The number of imide groups is 1. The van der Waals surface area contributed by atoms with Gasteiger partial charge in [-0.15, -0.1) is 11.3 Å². The number of amides is 4. The van der Waals surface area contributed by atoms with Gasteiger partial charge in [-0.25, -0.2) is 4.79 Å². The van der Waals surface area contributed by atoms with Gasteiger partial charge in [-0.2, -0.15) is 5.10 Å². The van der Waals surface area contributed by atoms with E-state index in [0.29, 0.717) is 10.9 Å². The third kappa shape index (κ3) is 3.29. The summed E-state index contributed by atoms with van der Waals surface area (Å²) in [6.07, 6.45) is 7.59. The van der Waals surface area contributed by atoms with Crippen LogP contribution in [0.3, 0.4) is 0 Å². The lowest BCUT2D eigenvalue weighted by atomic mass is 9.96. The molecule has 30 heavy (non-hydrogen) atoms. The van der Waals surface area contributed by atoms with Gasteiger partial charge in [0.2, 0.25) is 5.91 Å². The number of carbonyl (C=O) groups is 3. The topological polar surface area (TPSA) is 87.5 Å². The van der Waals surface area contributed by atoms with Gasteiger partial charge in [-0.3, -0.25) is 19.2 Å². The van der Waals surface area contributed by atoms with Crippen molar-refractivity contribution >= 4 is 39.4 Å². The van der Waals surface area contributed by atoms with Gasteiger partial charge >= 0.3 is 6.03 Å². The first-order valence-corrected chi connectivity index (χ1v) is 11.6. The smallest absolute Gasteiger partial charge is 0.327 e. The normalized spacial score (nSPS) is 21.7. The van der Waals surface area contributed by atoms with Crippen molar-refractivity contribution in [1.29, 1.82) is 0 Å². The second kappa shape index (κ2) is 7.08. The van der Waals surface area contributed by atoms with E-state index in [1.165, 1.54) is 40.4 Å². The molecule has 0 atom stereocenters. The maximum Gasteiger partial charge on any atom is 0.327 e. The van der Waals surface area contributed by atoms with Crippen LogP contribution < -0.4 is 5.32 Å². The third-order valence-electron chi connectivity index (χ3n) is 6.64. The molecule has 3 heterocycles. The van der Waals surface area contributed by atoms with Crippen molar-refractivity contribution in [2.24, 2.45) is 0 Å². The molecular weight excluding hydrogens is 402 g/mol. The van der Waals surface area contributed by atoms with Crippen LogP contribution in [-0.2, 0) is 4.79 Å². The zero-order valence-corrected chi connectivity index (χ0v) is 18.3. The lowest BCUT2D eigenvalue weighted by molar-refractivity contribution is -0.125. The van der Waals surface area contributed by atoms with Gasteiger partial charge < -0.3 is 10.2 Å². The molecule has 2 saturated carbocycles. The van der Waals surface area contributed by atoms with Gasteiger partial charge in [0, 0.05) is 12.4 Å². The average molecular weight is 430 g/mol. The highest BCUT2D eigenvalue weighted by atomic mass is 32.1. The number of aromatic nitrogens is 2. The fourth-order valence-electron chi connectivity index (χ4n) is 4.66. The Hall–Kier alpha value is -2.42. The molecule has 8 nitrogen and oxygen atoms in total. The first-order chi connectivity index (χ1) is 14.4. The molecule has 0 unspecified atom stereocenters. The number of hydrogen-bond acceptors (Lipinski definition) is 5. The Kier molecular flexibility index (Phi) is 4.61. The van der Waals surface area contributed by atoms with Gasteiger partial charge in [0.15, 0.2) is 0 Å². The lowest BCUT2D eigenvalue weighted by Gasteiger charge is -2.23. The molecule has 0 aromatic carbocycles. The van der Waals surface area contributed by atoms with Crippen LogP contribution in [0.4, 0.5) is 4.79 Å². The van der Waals surface area contributed by atoms with Crippen molar-refractivity contribution in [3.8, 4) is 0 Å². The van der Waals surface area contributed by atoms with E-state index in [1.807, 2.05) is 13.0 Å². The molecule has 1 saturated heterocycles. The summed E-state index contributed by atoms with van der Waals surface area (Å²) >= 11 is 1.49. The zero-order chi connectivity index (χ0) is 21.0. The third-order valence-corrected chi connectivity index (χ3v) is 7.76. The van der Waals surface area contributed by atoms with Gasteiger partial charge in [-0.05, 0) is 38.7 Å². The summed E-state index contributed by atoms with van der Waals surface area (Å²) in [4.78, 5) is 41.8. The molecule has 4 amide bonds. The zero-order valence-electron chi connectivity index (χ0n) is 17.4. The largest absolute Gasteiger partial charge is 0.344 e. The number of carbonyl (C=O) groups excluding carboxylic acids is 3. The molecular formula is C21H27N5O3S. The van der Waals surface area contributed by atoms with Crippen LogP contribution in [0.5, 0.6) is 0 Å². The molecule has 9 heteroatoms.